The summed E-state index contributed by atoms with van der Waals surface area (Å²) in [5.74, 6) is 0.505. The predicted molar refractivity (Wildman–Crippen MR) is 134 cm³/mol. The molecule has 174 valence electrons. The molecule has 5 nitrogen and oxygen atoms in total. The van der Waals surface area contributed by atoms with Crippen LogP contribution in [-0.4, -0.2) is 29.4 Å². The van der Waals surface area contributed by atoms with Crippen molar-refractivity contribution in [2.45, 2.75) is 57.7 Å². The molecule has 0 aliphatic heterocycles. The molecule has 0 unspecified atom stereocenters. The molecule has 0 bridgehead atoms. The lowest BCUT2D eigenvalue weighted by atomic mass is 9.94. The van der Waals surface area contributed by atoms with Crippen molar-refractivity contribution in [2.75, 3.05) is 6.61 Å². The van der Waals surface area contributed by atoms with Crippen molar-refractivity contribution in [3.8, 4) is 5.75 Å². The van der Waals surface area contributed by atoms with Gasteiger partial charge in [0.25, 0.3) is 5.91 Å². The zero-order chi connectivity index (χ0) is 23.0. The summed E-state index contributed by atoms with van der Waals surface area (Å²) < 4.78 is 5.60. The van der Waals surface area contributed by atoms with E-state index in [9.17, 15) is 9.59 Å². The Morgan fingerprint density at radius 1 is 1.03 bits per heavy atom. The van der Waals surface area contributed by atoms with E-state index in [1.54, 1.807) is 16.2 Å². The highest BCUT2D eigenvalue weighted by molar-refractivity contribution is 7.12. The third-order valence-corrected chi connectivity index (χ3v) is 7.64. The molecule has 2 aromatic heterocycles. The fourth-order valence-corrected chi connectivity index (χ4v) is 5.69. The summed E-state index contributed by atoms with van der Waals surface area (Å²) in [4.78, 5) is 30.8. The molecule has 1 N–H and O–H groups in total. The fraction of sp³-hybridized carbons (Fsp3) is 0.385. The Kier molecular flexibility index (Phi) is 8.18. The van der Waals surface area contributed by atoms with Crippen LogP contribution in [-0.2, 0) is 11.3 Å². The molecule has 0 radical (unpaired) electrons. The molecule has 1 aromatic carbocycles. The Morgan fingerprint density at radius 2 is 1.76 bits per heavy atom. The maximum atomic E-state index is 13.7. The number of nitrogens with zero attached hydrogens (tertiary/aromatic N) is 1. The second-order valence-electron chi connectivity index (χ2n) is 8.24. The van der Waals surface area contributed by atoms with Gasteiger partial charge in [0.2, 0.25) is 5.91 Å². The zero-order valence-electron chi connectivity index (χ0n) is 18.9. The minimum Gasteiger partial charge on any atom is -0.494 e. The maximum absolute atomic E-state index is 13.7. The molecule has 2 amide bonds. The first kappa shape index (κ1) is 23.5. The minimum absolute atomic E-state index is 0.118. The van der Waals surface area contributed by atoms with Gasteiger partial charge in [-0.25, -0.2) is 0 Å². The molecule has 1 saturated carbocycles. The lowest BCUT2D eigenvalue weighted by Gasteiger charge is -2.33. The van der Waals surface area contributed by atoms with Crippen LogP contribution in [0.5, 0.6) is 5.75 Å². The van der Waals surface area contributed by atoms with Gasteiger partial charge in [-0.15, -0.1) is 22.7 Å². The molecule has 0 spiro atoms. The predicted octanol–water partition coefficient (Wildman–Crippen LogP) is 6.04. The number of carbonyl (C=O) groups is 2. The lowest BCUT2D eigenvalue weighted by Crippen LogP contribution is -2.46. The van der Waals surface area contributed by atoms with Crippen molar-refractivity contribution in [3.63, 3.8) is 0 Å². The van der Waals surface area contributed by atoms with Gasteiger partial charge < -0.3 is 15.0 Å². The van der Waals surface area contributed by atoms with E-state index in [4.69, 9.17) is 4.74 Å². The molecule has 7 heteroatoms. The standard InChI is InChI=1S/C26H30N2O3S2/c1-2-31-21-14-12-19(13-15-21)24(25(29)27-20-8-4-3-5-9-20)28(18-22-10-6-16-32-22)26(30)23-11-7-17-33-23/h6-7,10-17,20,24H,2-5,8-9,18H2,1H3,(H,27,29)/t24-/m0/s1. The largest absolute Gasteiger partial charge is 0.494 e. The van der Waals surface area contributed by atoms with Crippen molar-refractivity contribution in [3.05, 3.63) is 74.6 Å². The average Bonchev–Trinajstić information content (AvgIpc) is 3.55. The Labute approximate surface area is 203 Å². The van der Waals surface area contributed by atoms with Gasteiger partial charge >= 0.3 is 0 Å². The molecule has 33 heavy (non-hydrogen) atoms. The van der Waals surface area contributed by atoms with E-state index in [0.717, 1.165) is 41.9 Å². The second-order valence-corrected chi connectivity index (χ2v) is 10.2. The van der Waals surface area contributed by atoms with E-state index < -0.39 is 6.04 Å². The Balaban J connectivity index is 1.69. The summed E-state index contributed by atoms with van der Waals surface area (Å²) in [6, 6.07) is 14.7. The van der Waals surface area contributed by atoms with Gasteiger partial charge in [-0.2, -0.15) is 0 Å². The van der Waals surface area contributed by atoms with Crippen LogP contribution in [0.4, 0.5) is 0 Å². The number of hydrogen-bond acceptors (Lipinski definition) is 5. The van der Waals surface area contributed by atoms with Gasteiger partial charge in [0.1, 0.15) is 11.8 Å². The number of thiophene rings is 2. The van der Waals surface area contributed by atoms with E-state index >= 15 is 0 Å². The van der Waals surface area contributed by atoms with E-state index in [2.05, 4.69) is 5.32 Å². The quantitative estimate of drug-likeness (QED) is 0.404. The highest BCUT2D eigenvalue weighted by Crippen LogP contribution is 2.30. The molecule has 1 atom stereocenters. The maximum Gasteiger partial charge on any atom is 0.265 e. The molecule has 4 rings (SSSR count). The number of amides is 2. The topological polar surface area (TPSA) is 58.6 Å². The van der Waals surface area contributed by atoms with Crippen molar-refractivity contribution < 1.29 is 14.3 Å². The molecule has 1 aliphatic carbocycles. The first-order valence-electron chi connectivity index (χ1n) is 11.6. The minimum atomic E-state index is -0.723. The first-order chi connectivity index (χ1) is 16.2. The Bertz CT molecular complexity index is 1010. The summed E-state index contributed by atoms with van der Waals surface area (Å²) in [5, 5.41) is 7.15. The number of hydrogen-bond donors (Lipinski definition) is 1. The summed E-state index contributed by atoms with van der Waals surface area (Å²) in [7, 11) is 0. The van der Waals surface area contributed by atoms with E-state index in [1.807, 2.05) is 66.2 Å². The smallest absolute Gasteiger partial charge is 0.265 e. The van der Waals surface area contributed by atoms with Crippen LogP contribution in [0, 0.1) is 0 Å². The molecule has 2 heterocycles. The van der Waals surface area contributed by atoms with Crippen LogP contribution < -0.4 is 10.1 Å². The number of nitrogens with one attached hydrogen (secondary N) is 1. The van der Waals surface area contributed by atoms with Gasteiger partial charge in [0, 0.05) is 10.9 Å². The summed E-state index contributed by atoms with van der Waals surface area (Å²) in [6.07, 6.45) is 5.46. The third-order valence-electron chi connectivity index (χ3n) is 5.92. The highest BCUT2D eigenvalue weighted by Gasteiger charge is 2.34. The van der Waals surface area contributed by atoms with Crippen LogP contribution in [0.25, 0.3) is 0 Å². The fourth-order valence-electron chi connectivity index (χ4n) is 4.31. The normalized spacial score (nSPS) is 15.1. The second kappa shape index (κ2) is 11.5. The molecular formula is C26H30N2O3S2. The van der Waals surface area contributed by atoms with E-state index in [-0.39, 0.29) is 17.9 Å². The van der Waals surface area contributed by atoms with Gasteiger partial charge in [-0.05, 0) is 60.4 Å². The van der Waals surface area contributed by atoms with Gasteiger partial charge in [0.05, 0.1) is 18.0 Å². The van der Waals surface area contributed by atoms with Crippen molar-refractivity contribution >= 4 is 34.5 Å². The molecular weight excluding hydrogens is 452 g/mol. The van der Waals surface area contributed by atoms with Gasteiger partial charge in [-0.3, -0.25) is 9.59 Å². The number of ether oxygens (including phenoxy) is 1. The Hall–Kier alpha value is -2.64. The molecule has 3 aromatic rings. The van der Waals surface area contributed by atoms with E-state index in [1.165, 1.54) is 17.8 Å². The third kappa shape index (κ3) is 6.03. The van der Waals surface area contributed by atoms with Crippen molar-refractivity contribution in [2.24, 2.45) is 0 Å². The zero-order valence-corrected chi connectivity index (χ0v) is 20.5. The number of rotatable bonds is 9. The van der Waals surface area contributed by atoms with Crippen LogP contribution in [0.15, 0.2) is 59.3 Å². The molecule has 0 saturated heterocycles. The SMILES string of the molecule is CCOc1ccc([C@@H](C(=O)NC2CCCCC2)N(Cc2cccs2)C(=O)c2cccs2)cc1. The van der Waals surface area contributed by atoms with Crippen LogP contribution in [0.3, 0.4) is 0 Å². The van der Waals surface area contributed by atoms with Gasteiger partial charge in [-0.1, -0.05) is 43.5 Å². The average molecular weight is 483 g/mol. The highest BCUT2D eigenvalue weighted by atomic mass is 32.1. The first-order valence-corrected chi connectivity index (χ1v) is 13.3. The Morgan fingerprint density at radius 3 is 2.39 bits per heavy atom. The molecule has 1 aliphatic rings. The van der Waals surface area contributed by atoms with Crippen LogP contribution in [0.2, 0.25) is 0 Å². The molecule has 1 fully saturated rings. The number of carbonyl (C=O) groups excluding carboxylic acids is 2. The van der Waals surface area contributed by atoms with Gasteiger partial charge in [0.15, 0.2) is 0 Å². The lowest BCUT2D eigenvalue weighted by molar-refractivity contribution is -0.127. The summed E-state index contributed by atoms with van der Waals surface area (Å²) in [6.45, 7) is 2.90. The summed E-state index contributed by atoms with van der Waals surface area (Å²) in [5.41, 5.74) is 0.785. The van der Waals surface area contributed by atoms with Crippen LogP contribution in [0.1, 0.15) is 65.2 Å². The van der Waals surface area contributed by atoms with E-state index in [0.29, 0.717) is 18.0 Å². The van der Waals surface area contributed by atoms with Crippen molar-refractivity contribution in [1.82, 2.24) is 10.2 Å². The van der Waals surface area contributed by atoms with Crippen LogP contribution >= 0.6 is 22.7 Å². The monoisotopic (exact) mass is 482 g/mol. The summed E-state index contributed by atoms with van der Waals surface area (Å²) >= 11 is 2.99. The van der Waals surface area contributed by atoms with Crippen molar-refractivity contribution in [1.29, 1.82) is 0 Å². The number of benzene rings is 1.